The zero-order chi connectivity index (χ0) is 29.4. The molecule has 4 aromatic rings. The average Bonchev–Trinajstić information content (AvgIpc) is 2.96. The van der Waals surface area contributed by atoms with Gasteiger partial charge < -0.3 is 18.9 Å². The van der Waals surface area contributed by atoms with Crippen LogP contribution in [0.5, 0.6) is 23.0 Å². The molecular weight excluding hydrogens is 538 g/mol. The summed E-state index contributed by atoms with van der Waals surface area (Å²) in [5.74, 6) is -3.87. The van der Waals surface area contributed by atoms with Crippen molar-refractivity contribution in [3.8, 4) is 23.0 Å². The molecule has 0 amide bonds. The second kappa shape index (κ2) is 13.1. The molecule has 8 nitrogen and oxygen atoms in total. The van der Waals surface area contributed by atoms with Crippen LogP contribution in [0.25, 0.3) is 0 Å². The molecule has 0 aromatic heterocycles. The highest BCUT2D eigenvalue weighted by molar-refractivity contribution is 5.92. The van der Waals surface area contributed by atoms with Crippen molar-refractivity contribution in [1.82, 2.24) is 0 Å². The highest BCUT2D eigenvalue weighted by Gasteiger charge is 2.21. The Kier molecular flexibility index (Phi) is 9.16. The zero-order valence-electron chi connectivity index (χ0n) is 21.5. The van der Waals surface area contributed by atoms with E-state index in [1.807, 2.05) is 0 Å². The lowest BCUT2D eigenvalue weighted by Crippen LogP contribution is -2.23. The number of rotatable bonds is 9. The minimum absolute atomic E-state index is 0.150. The monoisotopic (exact) mass is 560 g/mol. The largest absolute Gasteiger partial charge is 0.427 e. The van der Waals surface area contributed by atoms with E-state index >= 15 is 0 Å². The lowest BCUT2D eigenvalue weighted by molar-refractivity contribution is -0.144. The number of hydrogen-bond donors (Lipinski definition) is 0. The number of carbonyl (C=O) groups excluding carboxylic acids is 4. The van der Waals surface area contributed by atoms with Crippen molar-refractivity contribution in [3.63, 3.8) is 0 Å². The van der Waals surface area contributed by atoms with Gasteiger partial charge in [0.05, 0.1) is 23.5 Å². The second-order valence-corrected chi connectivity index (χ2v) is 8.74. The lowest BCUT2D eigenvalue weighted by atomic mass is 10.1. The van der Waals surface area contributed by atoms with Crippen molar-refractivity contribution in [2.45, 2.75) is 13.3 Å². The normalized spacial score (nSPS) is 11.2. The van der Waals surface area contributed by atoms with Crippen molar-refractivity contribution in [1.29, 1.82) is 0 Å². The Labute approximate surface area is 233 Å². The van der Waals surface area contributed by atoms with Crippen LogP contribution in [0.4, 0.5) is 8.78 Å². The smallest absolute Gasteiger partial charge is 0.343 e. The maximum Gasteiger partial charge on any atom is 0.343 e. The fourth-order valence-electron chi connectivity index (χ4n) is 3.38. The van der Waals surface area contributed by atoms with E-state index in [0.29, 0.717) is 0 Å². The summed E-state index contributed by atoms with van der Waals surface area (Å²) in [5.41, 5.74) is 0.362. The maximum atomic E-state index is 13.0. The highest BCUT2D eigenvalue weighted by atomic mass is 19.1. The van der Waals surface area contributed by atoms with Crippen LogP contribution in [0, 0.1) is 17.6 Å². The molecule has 4 aromatic carbocycles. The molecule has 4 rings (SSSR count). The van der Waals surface area contributed by atoms with Crippen LogP contribution in [-0.4, -0.2) is 23.9 Å². The van der Waals surface area contributed by atoms with E-state index in [2.05, 4.69) is 0 Å². The maximum absolute atomic E-state index is 13.0. The van der Waals surface area contributed by atoms with Crippen molar-refractivity contribution >= 4 is 23.9 Å². The minimum Gasteiger partial charge on any atom is -0.427 e. The molecule has 0 fully saturated rings. The summed E-state index contributed by atoms with van der Waals surface area (Å²) in [6.45, 7) is 1.49. The summed E-state index contributed by atoms with van der Waals surface area (Å²) in [4.78, 5) is 49.3. The molecule has 0 spiro atoms. The topological polar surface area (TPSA) is 105 Å². The van der Waals surface area contributed by atoms with Gasteiger partial charge >= 0.3 is 23.9 Å². The molecule has 0 aliphatic carbocycles. The molecule has 0 radical (unpaired) electrons. The molecule has 0 aliphatic heterocycles. The van der Waals surface area contributed by atoms with Gasteiger partial charge in [-0.15, -0.1) is 0 Å². The van der Waals surface area contributed by atoms with Gasteiger partial charge in [-0.05, 0) is 97.1 Å². The molecule has 0 saturated carbocycles. The van der Waals surface area contributed by atoms with Gasteiger partial charge in [-0.1, -0.05) is 6.92 Å². The van der Waals surface area contributed by atoms with Crippen molar-refractivity contribution in [2.75, 3.05) is 0 Å². The van der Waals surface area contributed by atoms with Gasteiger partial charge in [0, 0.05) is 0 Å². The van der Waals surface area contributed by atoms with Crippen LogP contribution in [0.15, 0.2) is 97.1 Å². The van der Waals surface area contributed by atoms with E-state index in [0.717, 1.165) is 24.3 Å². The molecule has 0 heterocycles. The molecule has 208 valence electrons. The third-order valence-electron chi connectivity index (χ3n) is 5.55. The van der Waals surface area contributed by atoms with Crippen molar-refractivity contribution in [2.24, 2.45) is 5.92 Å². The first-order valence-electron chi connectivity index (χ1n) is 12.2. The van der Waals surface area contributed by atoms with Gasteiger partial charge in [0.2, 0.25) is 0 Å². The molecule has 0 saturated heterocycles. The van der Waals surface area contributed by atoms with Gasteiger partial charge in [0.1, 0.15) is 34.6 Å². The van der Waals surface area contributed by atoms with Crippen molar-refractivity contribution in [3.05, 3.63) is 120 Å². The predicted molar refractivity (Wildman–Crippen MR) is 141 cm³/mol. The van der Waals surface area contributed by atoms with E-state index in [1.54, 1.807) is 0 Å². The number of hydrogen-bond acceptors (Lipinski definition) is 8. The lowest BCUT2D eigenvalue weighted by Gasteiger charge is -2.11. The van der Waals surface area contributed by atoms with Crippen LogP contribution >= 0.6 is 0 Å². The Balaban J connectivity index is 1.23. The van der Waals surface area contributed by atoms with Crippen LogP contribution in [0.2, 0.25) is 0 Å². The molecule has 1 atom stereocenters. The second-order valence-electron chi connectivity index (χ2n) is 8.74. The van der Waals surface area contributed by atoms with E-state index in [9.17, 15) is 28.0 Å². The molecule has 1 unspecified atom stereocenters. The third kappa shape index (κ3) is 8.30. The summed E-state index contributed by atoms with van der Waals surface area (Å²) < 4.78 is 46.8. The number of benzene rings is 4. The SMILES string of the molecule is CC(CC(=O)Oc1ccc(C(=O)Oc2ccc(F)cc2)cc1)C(=O)Oc1ccc(C(=O)Oc2ccc(F)cc2)cc1. The van der Waals surface area contributed by atoms with Gasteiger partial charge in [0.15, 0.2) is 0 Å². The van der Waals surface area contributed by atoms with Crippen LogP contribution in [0.3, 0.4) is 0 Å². The minimum atomic E-state index is -0.851. The quantitative estimate of drug-likeness (QED) is 0.183. The van der Waals surface area contributed by atoms with E-state index in [4.69, 9.17) is 18.9 Å². The summed E-state index contributed by atoms with van der Waals surface area (Å²) in [5, 5.41) is 0. The number of ether oxygens (including phenoxy) is 4. The van der Waals surface area contributed by atoms with Gasteiger partial charge in [-0.2, -0.15) is 0 Å². The predicted octanol–water partition coefficient (Wildman–Crippen LogP) is 5.94. The third-order valence-corrected chi connectivity index (χ3v) is 5.55. The fraction of sp³-hybridized carbons (Fsp3) is 0.0968. The Bertz CT molecular complexity index is 1530. The van der Waals surface area contributed by atoms with E-state index in [1.165, 1.54) is 79.7 Å². The van der Waals surface area contributed by atoms with Crippen LogP contribution in [0.1, 0.15) is 34.1 Å². The Morgan fingerprint density at radius 3 is 1.29 bits per heavy atom. The average molecular weight is 561 g/mol. The molecule has 0 N–H and O–H groups in total. The van der Waals surface area contributed by atoms with Gasteiger partial charge in [0.25, 0.3) is 0 Å². The highest BCUT2D eigenvalue weighted by Crippen LogP contribution is 2.20. The summed E-state index contributed by atoms with van der Waals surface area (Å²) in [6, 6.07) is 21.1. The summed E-state index contributed by atoms with van der Waals surface area (Å²) in [7, 11) is 0. The van der Waals surface area contributed by atoms with E-state index < -0.39 is 41.4 Å². The van der Waals surface area contributed by atoms with Crippen LogP contribution in [-0.2, 0) is 9.59 Å². The van der Waals surface area contributed by atoms with Gasteiger partial charge in [-0.3, -0.25) is 9.59 Å². The summed E-state index contributed by atoms with van der Waals surface area (Å²) >= 11 is 0. The molecule has 0 bridgehead atoms. The van der Waals surface area contributed by atoms with Crippen LogP contribution < -0.4 is 18.9 Å². The molecule has 0 aliphatic rings. The number of carbonyl (C=O) groups is 4. The first kappa shape index (κ1) is 28.6. The number of esters is 4. The first-order chi connectivity index (χ1) is 19.7. The Morgan fingerprint density at radius 1 is 0.537 bits per heavy atom. The molecule has 41 heavy (non-hydrogen) atoms. The fourth-order valence-corrected chi connectivity index (χ4v) is 3.38. The standard InChI is InChI=1S/C31H22F2O8/c1-19(29(35)39-25-12-4-21(5-13-25)31(37)41-27-16-8-23(33)9-17-27)18-28(34)38-24-10-2-20(3-11-24)30(36)40-26-14-6-22(32)7-15-26/h2-17,19H,18H2,1H3. The first-order valence-corrected chi connectivity index (χ1v) is 12.2. The molecule has 10 heteroatoms. The molecular formula is C31H22F2O8. The zero-order valence-corrected chi connectivity index (χ0v) is 21.5. The van der Waals surface area contributed by atoms with Crippen molar-refractivity contribution < 1.29 is 46.9 Å². The Morgan fingerprint density at radius 2 is 0.878 bits per heavy atom. The Hall–Kier alpha value is -5.38. The summed E-state index contributed by atoms with van der Waals surface area (Å²) in [6.07, 6.45) is -0.282. The number of halogens is 2. The van der Waals surface area contributed by atoms with Gasteiger partial charge in [-0.25, -0.2) is 18.4 Å². The van der Waals surface area contributed by atoms with E-state index in [-0.39, 0.29) is 40.5 Å².